The Morgan fingerprint density at radius 3 is 2.61 bits per heavy atom. The van der Waals surface area contributed by atoms with Gasteiger partial charge in [-0.05, 0) is 42.5 Å². The van der Waals surface area contributed by atoms with Crippen LogP contribution in [0.2, 0.25) is 0 Å². The number of likely N-dealkylation sites (tertiary alicyclic amines) is 1. The molecule has 9 nitrogen and oxygen atoms in total. The first-order chi connectivity index (χ1) is 17.3. The first-order valence-electron chi connectivity index (χ1n) is 12.4. The minimum absolute atomic E-state index is 0.243. The normalized spacial score (nSPS) is 15.8. The molecule has 9 heteroatoms. The number of rotatable bonds is 10. The zero-order valence-corrected chi connectivity index (χ0v) is 21.5. The van der Waals surface area contributed by atoms with Gasteiger partial charge in [-0.3, -0.25) is 9.69 Å². The molecular formula is C27H36N8O. The average Bonchev–Trinajstić information content (AvgIpc) is 3.27. The van der Waals surface area contributed by atoms with E-state index in [4.69, 9.17) is 10.7 Å². The topological polar surface area (TPSA) is 112 Å². The second kappa shape index (κ2) is 11.3. The Labute approximate surface area is 213 Å². The van der Waals surface area contributed by atoms with Crippen LogP contribution in [0.5, 0.6) is 0 Å². The van der Waals surface area contributed by atoms with Crippen LogP contribution < -0.4 is 21.3 Å². The van der Waals surface area contributed by atoms with Crippen molar-refractivity contribution in [2.45, 2.75) is 39.8 Å². The van der Waals surface area contributed by atoms with Gasteiger partial charge in [-0.15, -0.1) is 0 Å². The van der Waals surface area contributed by atoms with Gasteiger partial charge in [0.15, 0.2) is 0 Å². The highest BCUT2D eigenvalue weighted by molar-refractivity contribution is 5.94. The molecule has 1 atom stereocenters. The summed E-state index contributed by atoms with van der Waals surface area (Å²) in [5.74, 6) is 1.52. The molecule has 3 aromatic rings. The van der Waals surface area contributed by atoms with E-state index in [2.05, 4.69) is 63.6 Å². The lowest BCUT2D eigenvalue weighted by Gasteiger charge is -2.22. The van der Waals surface area contributed by atoms with Crippen molar-refractivity contribution in [3.63, 3.8) is 0 Å². The van der Waals surface area contributed by atoms with Crippen LogP contribution in [0.4, 0.5) is 23.5 Å². The Kier molecular flexibility index (Phi) is 8.00. The molecule has 0 spiro atoms. The third-order valence-corrected chi connectivity index (χ3v) is 6.23. The lowest BCUT2D eigenvalue weighted by Crippen LogP contribution is -2.28. The number of anilines is 4. The lowest BCUT2D eigenvalue weighted by atomic mass is 10.1. The highest BCUT2D eigenvalue weighted by Crippen LogP contribution is 2.23. The number of primary amides is 1. The number of hydrogen-bond donors (Lipinski definition) is 3. The van der Waals surface area contributed by atoms with Crippen molar-refractivity contribution in [3.8, 4) is 0 Å². The Balaban J connectivity index is 1.53. The van der Waals surface area contributed by atoms with Gasteiger partial charge in [0, 0.05) is 50.5 Å². The van der Waals surface area contributed by atoms with Gasteiger partial charge >= 0.3 is 0 Å². The third kappa shape index (κ3) is 6.69. The van der Waals surface area contributed by atoms with Gasteiger partial charge in [0.05, 0.1) is 0 Å². The number of hydrogen-bond acceptors (Lipinski definition) is 8. The number of nitrogens with one attached hydrogen (secondary N) is 2. The van der Waals surface area contributed by atoms with E-state index in [9.17, 15) is 4.79 Å². The van der Waals surface area contributed by atoms with Crippen LogP contribution in [0.15, 0.2) is 48.5 Å². The van der Waals surface area contributed by atoms with Crippen LogP contribution in [0.3, 0.4) is 0 Å². The molecule has 0 radical (unpaired) electrons. The average molecular weight is 489 g/mol. The number of amides is 1. The van der Waals surface area contributed by atoms with Crippen LogP contribution in [0, 0.1) is 12.8 Å². The molecule has 1 aliphatic rings. The molecule has 1 saturated heterocycles. The zero-order chi connectivity index (χ0) is 25.7. The number of nitrogens with zero attached hydrogens (tertiary/aromatic N) is 5. The Hall–Kier alpha value is -3.72. The number of aromatic nitrogens is 3. The number of carbonyl (C=O) groups is 1. The maximum absolute atomic E-state index is 11.7. The van der Waals surface area contributed by atoms with Crippen molar-refractivity contribution in [1.82, 2.24) is 19.9 Å². The zero-order valence-electron chi connectivity index (χ0n) is 21.5. The number of nitrogens with two attached hydrogens (primary N) is 1. The predicted octanol–water partition coefficient (Wildman–Crippen LogP) is 3.80. The van der Waals surface area contributed by atoms with Gasteiger partial charge < -0.3 is 21.3 Å². The van der Waals surface area contributed by atoms with Crippen molar-refractivity contribution in [1.29, 1.82) is 0 Å². The van der Waals surface area contributed by atoms with Crippen molar-refractivity contribution in [2.75, 3.05) is 42.2 Å². The smallest absolute Gasteiger partial charge is 0.248 e. The molecule has 4 rings (SSSR count). The van der Waals surface area contributed by atoms with Gasteiger partial charge in [-0.1, -0.05) is 50.2 Å². The van der Waals surface area contributed by atoms with E-state index < -0.39 is 5.91 Å². The van der Waals surface area contributed by atoms with Gasteiger partial charge in [-0.25, -0.2) is 0 Å². The van der Waals surface area contributed by atoms with Crippen molar-refractivity contribution < 1.29 is 4.79 Å². The van der Waals surface area contributed by atoms with E-state index in [0.29, 0.717) is 29.3 Å². The van der Waals surface area contributed by atoms with Gasteiger partial charge in [0.25, 0.3) is 0 Å². The fraction of sp³-hybridized carbons (Fsp3) is 0.407. The Morgan fingerprint density at radius 2 is 1.89 bits per heavy atom. The largest absolute Gasteiger partial charge is 0.366 e. The summed E-state index contributed by atoms with van der Waals surface area (Å²) in [6.07, 6.45) is 1.01. The summed E-state index contributed by atoms with van der Waals surface area (Å²) in [5.41, 5.74) is 8.92. The summed E-state index contributed by atoms with van der Waals surface area (Å²) in [6, 6.07) is 16.1. The van der Waals surface area contributed by atoms with E-state index in [1.165, 1.54) is 5.56 Å². The van der Waals surface area contributed by atoms with E-state index in [-0.39, 0.29) is 6.04 Å². The Bertz CT molecular complexity index is 1180. The molecule has 2 heterocycles. The lowest BCUT2D eigenvalue weighted by molar-refractivity contribution is 0.100. The monoisotopic (exact) mass is 488 g/mol. The summed E-state index contributed by atoms with van der Waals surface area (Å²) < 4.78 is 0. The fourth-order valence-electron chi connectivity index (χ4n) is 4.43. The standard InChI is InChI=1S/C27H36N8O/c1-18(2)15-34(4)27-32-25(29-22-12-13-35(17-22)16-20-8-6-5-7-9-20)31-26(33-27)30-23-14-21(24(28)36)11-10-19(23)3/h5-11,14,18,22H,12-13,15-17H2,1-4H3,(H2,28,36)(H2,29,30,31,32,33). The van der Waals surface area contributed by atoms with Crippen molar-refractivity contribution in [3.05, 3.63) is 65.2 Å². The second-order valence-electron chi connectivity index (χ2n) is 9.93. The number of benzene rings is 2. The molecule has 190 valence electrons. The van der Waals surface area contributed by atoms with Gasteiger partial charge in [0.2, 0.25) is 23.8 Å². The summed E-state index contributed by atoms with van der Waals surface area (Å²) in [4.78, 5) is 30.2. The first kappa shape index (κ1) is 25.4. The van der Waals surface area contributed by atoms with Crippen LogP contribution in [0.1, 0.15) is 41.8 Å². The van der Waals surface area contributed by atoms with E-state index in [1.54, 1.807) is 12.1 Å². The number of carbonyl (C=O) groups excluding carboxylic acids is 1. The van der Waals surface area contributed by atoms with Crippen LogP contribution in [-0.4, -0.2) is 58.5 Å². The molecule has 0 aliphatic carbocycles. The van der Waals surface area contributed by atoms with Gasteiger partial charge in [0.1, 0.15) is 0 Å². The van der Waals surface area contributed by atoms with E-state index in [1.807, 2.05) is 31.0 Å². The molecule has 0 bridgehead atoms. The van der Waals surface area contributed by atoms with E-state index >= 15 is 0 Å². The molecule has 1 aromatic heterocycles. The van der Waals surface area contributed by atoms with Crippen molar-refractivity contribution >= 4 is 29.4 Å². The summed E-state index contributed by atoms with van der Waals surface area (Å²) in [6.45, 7) is 9.96. The second-order valence-corrected chi connectivity index (χ2v) is 9.93. The molecule has 1 fully saturated rings. The summed E-state index contributed by atoms with van der Waals surface area (Å²) in [5, 5.41) is 6.81. The highest BCUT2D eigenvalue weighted by atomic mass is 16.1. The highest BCUT2D eigenvalue weighted by Gasteiger charge is 2.24. The Morgan fingerprint density at radius 1 is 1.14 bits per heavy atom. The molecule has 1 amide bonds. The quantitative estimate of drug-likeness (QED) is 0.395. The van der Waals surface area contributed by atoms with Gasteiger partial charge in [-0.2, -0.15) is 15.0 Å². The molecule has 36 heavy (non-hydrogen) atoms. The van der Waals surface area contributed by atoms with Crippen LogP contribution in [-0.2, 0) is 6.54 Å². The fourth-order valence-corrected chi connectivity index (χ4v) is 4.43. The minimum Gasteiger partial charge on any atom is -0.366 e. The molecule has 2 aromatic carbocycles. The molecule has 1 unspecified atom stereocenters. The van der Waals surface area contributed by atoms with Crippen LogP contribution >= 0.6 is 0 Å². The minimum atomic E-state index is -0.477. The molecular weight excluding hydrogens is 452 g/mol. The van der Waals surface area contributed by atoms with Crippen LogP contribution in [0.25, 0.3) is 0 Å². The maximum atomic E-state index is 11.7. The predicted molar refractivity (Wildman–Crippen MR) is 145 cm³/mol. The molecule has 0 saturated carbocycles. The summed E-state index contributed by atoms with van der Waals surface area (Å²) >= 11 is 0. The maximum Gasteiger partial charge on any atom is 0.248 e. The third-order valence-electron chi connectivity index (χ3n) is 6.23. The summed E-state index contributed by atoms with van der Waals surface area (Å²) in [7, 11) is 1.99. The molecule has 4 N–H and O–H groups in total. The van der Waals surface area contributed by atoms with E-state index in [0.717, 1.165) is 43.9 Å². The number of aryl methyl sites for hydroxylation is 1. The first-order valence-corrected chi connectivity index (χ1v) is 12.4. The SMILES string of the molecule is Cc1ccc(C(N)=O)cc1Nc1nc(NC2CCN(Cc3ccccc3)C2)nc(N(C)CC(C)C)n1. The van der Waals surface area contributed by atoms with Crippen molar-refractivity contribution in [2.24, 2.45) is 11.7 Å². The molecule has 1 aliphatic heterocycles.